The molecule has 1 aliphatic carbocycles. The monoisotopic (exact) mass is 206 g/mol. The highest BCUT2D eigenvalue weighted by molar-refractivity contribution is 5.23. The number of nitrogens with zero attached hydrogens (tertiary/aromatic N) is 2. The molecule has 0 saturated carbocycles. The van der Waals surface area contributed by atoms with Gasteiger partial charge in [-0.25, -0.2) is 0 Å². The molecule has 0 aromatic carbocycles. The van der Waals surface area contributed by atoms with Gasteiger partial charge in [-0.3, -0.25) is 0 Å². The summed E-state index contributed by atoms with van der Waals surface area (Å²) >= 11 is 0. The van der Waals surface area contributed by atoms with Gasteiger partial charge < -0.3 is 9.80 Å². The van der Waals surface area contributed by atoms with Gasteiger partial charge in [0.05, 0.1) is 0 Å². The Labute approximate surface area is 93.2 Å². The molecule has 2 rings (SSSR count). The van der Waals surface area contributed by atoms with Gasteiger partial charge in [0.15, 0.2) is 0 Å². The van der Waals surface area contributed by atoms with E-state index in [2.05, 4.69) is 48.9 Å². The Hall–Kier alpha value is -0.760. The Balaban J connectivity index is 2.02. The van der Waals surface area contributed by atoms with Gasteiger partial charge in [0, 0.05) is 31.4 Å². The summed E-state index contributed by atoms with van der Waals surface area (Å²) in [6.45, 7) is 8.13. The molecule has 1 heterocycles. The van der Waals surface area contributed by atoms with E-state index in [0.29, 0.717) is 6.04 Å². The minimum Gasteiger partial charge on any atom is -0.367 e. The zero-order valence-electron chi connectivity index (χ0n) is 10.1. The lowest BCUT2D eigenvalue weighted by molar-refractivity contribution is 0.134. The number of piperazine rings is 1. The summed E-state index contributed by atoms with van der Waals surface area (Å²) in [5.41, 5.74) is 1.44. The van der Waals surface area contributed by atoms with Gasteiger partial charge in [0.2, 0.25) is 0 Å². The summed E-state index contributed by atoms with van der Waals surface area (Å²) in [6.07, 6.45) is 8.23. The van der Waals surface area contributed by atoms with E-state index in [4.69, 9.17) is 0 Å². The van der Waals surface area contributed by atoms with Crippen molar-refractivity contribution in [1.82, 2.24) is 9.80 Å². The molecule has 1 aliphatic heterocycles. The molecule has 0 aromatic rings. The maximum absolute atomic E-state index is 2.54. The molecule has 0 aromatic heterocycles. The lowest BCUT2D eigenvalue weighted by Crippen LogP contribution is -2.49. The Kier molecular flexibility index (Phi) is 3.15. The van der Waals surface area contributed by atoms with E-state index in [9.17, 15) is 0 Å². The van der Waals surface area contributed by atoms with Crippen molar-refractivity contribution in [1.29, 1.82) is 0 Å². The zero-order chi connectivity index (χ0) is 10.8. The van der Waals surface area contributed by atoms with Gasteiger partial charge in [-0.15, -0.1) is 0 Å². The van der Waals surface area contributed by atoms with Gasteiger partial charge in [-0.1, -0.05) is 19.1 Å². The molecule has 0 N–H and O–H groups in total. The number of hydrogen-bond acceptors (Lipinski definition) is 2. The highest BCUT2D eigenvalue weighted by Crippen LogP contribution is 2.22. The highest BCUT2D eigenvalue weighted by atomic mass is 15.3. The van der Waals surface area contributed by atoms with Crippen LogP contribution in [-0.2, 0) is 0 Å². The van der Waals surface area contributed by atoms with Gasteiger partial charge in [-0.05, 0) is 32.4 Å². The van der Waals surface area contributed by atoms with Gasteiger partial charge in [0.1, 0.15) is 0 Å². The quantitative estimate of drug-likeness (QED) is 0.648. The second-order valence-corrected chi connectivity index (χ2v) is 5.01. The van der Waals surface area contributed by atoms with Crippen LogP contribution in [0.4, 0.5) is 0 Å². The number of allylic oxidation sites excluding steroid dienone is 3. The largest absolute Gasteiger partial charge is 0.367 e. The highest BCUT2D eigenvalue weighted by Gasteiger charge is 2.22. The Morgan fingerprint density at radius 1 is 1.27 bits per heavy atom. The average Bonchev–Trinajstić information content (AvgIpc) is 2.20. The summed E-state index contributed by atoms with van der Waals surface area (Å²) in [5.74, 6) is 0.719. The minimum absolute atomic E-state index is 0.646. The summed E-state index contributed by atoms with van der Waals surface area (Å²) in [7, 11) is 2.21. The Morgan fingerprint density at radius 3 is 2.67 bits per heavy atom. The predicted molar refractivity (Wildman–Crippen MR) is 64.7 cm³/mol. The molecule has 15 heavy (non-hydrogen) atoms. The molecule has 0 amide bonds. The van der Waals surface area contributed by atoms with Crippen molar-refractivity contribution in [2.24, 2.45) is 5.92 Å². The van der Waals surface area contributed by atoms with Crippen molar-refractivity contribution in [2.75, 3.05) is 26.7 Å². The fourth-order valence-electron chi connectivity index (χ4n) is 2.45. The van der Waals surface area contributed by atoms with Crippen LogP contribution in [0, 0.1) is 5.92 Å². The fraction of sp³-hybridized carbons (Fsp3) is 0.692. The SMILES string of the molecule is CC1C=CC(N2CCN(C)CC2C)=CC1. The molecular formula is C13H22N2. The van der Waals surface area contributed by atoms with Crippen LogP contribution in [0.15, 0.2) is 23.9 Å². The third-order valence-corrected chi connectivity index (χ3v) is 3.46. The van der Waals surface area contributed by atoms with Crippen LogP contribution in [-0.4, -0.2) is 42.5 Å². The predicted octanol–water partition coefficient (Wildman–Crippen LogP) is 2.10. The lowest BCUT2D eigenvalue weighted by atomic mass is 10.00. The van der Waals surface area contributed by atoms with Gasteiger partial charge >= 0.3 is 0 Å². The molecule has 1 fully saturated rings. The van der Waals surface area contributed by atoms with Crippen molar-refractivity contribution in [3.05, 3.63) is 23.9 Å². The number of likely N-dealkylation sites (N-methyl/N-ethyl adjacent to an activating group) is 1. The van der Waals surface area contributed by atoms with E-state index in [0.717, 1.165) is 5.92 Å². The third-order valence-electron chi connectivity index (χ3n) is 3.46. The van der Waals surface area contributed by atoms with Crippen LogP contribution in [0.3, 0.4) is 0 Å². The van der Waals surface area contributed by atoms with Crippen LogP contribution in [0.1, 0.15) is 20.3 Å². The summed E-state index contributed by atoms with van der Waals surface area (Å²) in [5, 5.41) is 0. The third kappa shape index (κ3) is 2.43. The van der Waals surface area contributed by atoms with E-state index in [1.54, 1.807) is 0 Å². The summed E-state index contributed by atoms with van der Waals surface area (Å²) in [6, 6.07) is 0.646. The summed E-state index contributed by atoms with van der Waals surface area (Å²) in [4.78, 5) is 4.96. The van der Waals surface area contributed by atoms with E-state index in [1.807, 2.05) is 0 Å². The molecule has 1 saturated heterocycles. The van der Waals surface area contributed by atoms with Crippen LogP contribution in [0.5, 0.6) is 0 Å². The van der Waals surface area contributed by atoms with Gasteiger partial charge in [0.25, 0.3) is 0 Å². The Morgan fingerprint density at radius 2 is 2.07 bits per heavy atom. The topological polar surface area (TPSA) is 6.48 Å². The van der Waals surface area contributed by atoms with Crippen LogP contribution in [0.2, 0.25) is 0 Å². The molecule has 84 valence electrons. The van der Waals surface area contributed by atoms with Crippen LogP contribution < -0.4 is 0 Å². The second kappa shape index (κ2) is 4.40. The molecule has 2 nitrogen and oxygen atoms in total. The van der Waals surface area contributed by atoms with Crippen molar-refractivity contribution < 1.29 is 0 Å². The smallest absolute Gasteiger partial charge is 0.0389 e. The normalized spacial score (nSPS) is 33.0. The molecule has 2 aliphatic rings. The summed E-state index contributed by atoms with van der Waals surface area (Å²) < 4.78 is 0. The van der Waals surface area contributed by atoms with E-state index in [-0.39, 0.29) is 0 Å². The zero-order valence-corrected chi connectivity index (χ0v) is 10.1. The van der Waals surface area contributed by atoms with E-state index < -0.39 is 0 Å². The van der Waals surface area contributed by atoms with Crippen molar-refractivity contribution >= 4 is 0 Å². The standard InChI is InChI=1S/C13H22N2/c1-11-4-6-13(7-5-11)15-9-8-14(3)10-12(15)2/h4,6-7,11-12H,5,8-10H2,1-3H3. The molecule has 2 heteroatoms. The van der Waals surface area contributed by atoms with Crippen molar-refractivity contribution in [3.63, 3.8) is 0 Å². The van der Waals surface area contributed by atoms with Crippen molar-refractivity contribution in [2.45, 2.75) is 26.3 Å². The first-order chi connectivity index (χ1) is 7.16. The number of hydrogen-bond donors (Lipinski definition) is 0. The lowest BCUT2D eigenvalue weighted by Gasteiger charge is -2.41. The van der Waals surface area contributed by atoms with E-state index >= 15 is 0 Å². The number of rotatable bonds is 1. The first-order valence-electron chi connectivity index (χ1n) is 6.00. The van der Waals surface area contributed by atoms with Crippen LogP contribution >= 0.6 is 0 Å². The van der Waals surface area contributed by atoms with Gasteiger partial charge in [-0.2, -0.15) is 0 Å². The molecule has 0 bridgehead atoms. The van der Waals surface area contributed by atoms with Crippen LogP contribution in [0.25, 0.3) is 0 Å². The molecule has 2 unspecified atom stereocenters. The van der Waals surface area contributed by atoms with E-state index in [1.165, 1.54) is 31.8 Å². The Bertz CT molecular complexity index is 280. The first-order valence-corrected chi connectivity index (χ1v) is 6.00. The average molecular weight is 206 g/mol. The molecular weight excluding hydrogens is 184 g/mol. The molecule has 2 atom stereocenters. The molecule has 0 radical (unpaired) electrons. The fourth-order valence-corrected chi connectivity index (χ4v) is 2.45. The maximum Gasteiger partial charge on any atom is 0.0389 e. The minimum atomic E-state index is 0.646. The maximum atomic E-state index is 2.54. The first kappa shape index (κ1) is 10.7. The van der Waals surface area contributed by atoms with Crippen molar-refractivity contribution in [3.8, 4) is 0 Å². The molecule has 0 spiro atoms. The second-order valence-electron chi connectivity index (χ2n) is 5.01.